The molecule has 2 aliphatic carbocycles. The van der Waals surface area contributed by atoms with Crippen molar-refractivity contribution in [3.05, 3.63) is 0 Å². The molecule has 0 spiro atoms. The second-order valence-corrected chi connectivity index (χ2v) is 5.52. The fraction of sp³-hybridized carbons (Fsp3) is 1.00. The predicted octanol–water partition coefficient (Wildman–Crippen LogP) is 2.10. The summed E-state index contributed by atoms with van der Waals surface area (Å²) in [5, 5.41) is 3.65. The van der Waals surface area contributed by atoms with E-state index in [1.165, 1.54) is 32.2 Å². The van der Waals surface area contributed by atoms with Crippen LogP contribution in [0.5, 0.6) is 0 Å². The molecule has 15 heavy (non-hydrogen) atoms. The first-order valence-electron chi connectivity index (χ1n) is 6.66. The quantitative estimate of drug-likeness (QED) is 0.692. The highest BCUT2D eigenvalue weighted by Gasteiger charge is 2.35. The van der Waals surface area contributed by atoms with E-state index in [1.54, 1.807) is 0 Å². The lowest BCUT2D eigenvalue weighted by Crippen LogP contribution is -2.44. The first kappa shape index (κ1) is 11.4. The molecule has 0 bridgehead atoms. The normalized spacial score (nSPS) is 25.6. The van der Waals surface area contributed by atoms with Crippen LogP contribution in [0.15, 0.2) is 0 Å². The third kappa shape index (κ3) is 3.18. The third-order valence-electron chi connectivity index (χ3n) is 4.14. The molecule has 2 saturated carbocycles. The maximum Gasteiger partial charge on any atom is 0.0223 e. The monoisotopic (exact) mass is 210 g/mol. The smallest absolute Gasteiger partial charge is 0.0223 e. The van der Waals surface area contributed by atoms with E-state index in [4.69, 9.17) is 0 Å². The lowest BCUT2D eigenvalue weighted by molar-refractivity contribution is 0.202. The first-order chi connectivity index (χ1) is 7.22. The summed E-state index contributed by atoms with van der Waals surface area (Å²) in [5.74, 6) is 1.97. The van der Waals surface area contributed by atoms with E-state index < -0.39 is 0 Å². The highest BCUT2D eigenvalue weighted by molar-refractivity contribution is 4.91. The average Bonchev–Trinajstić information content (AvgIpc) is 3.05. The van der Waals surface area contributed by atoms with Crippen molar-refractivity contribution in [3.63, 3.8) is 0 Å². The Labute approximate surface area is 94.4 Å². The van der Waals surface area contributed by atoms with Gasteiger partial charge in [-0.3, -0.25) is 0 Å². The molecule has 2 heteroatoms. The molecule has 0 aromatic carbocycles. The minimum absolute atomic E-state index is 0.751. The Morgan fingerprint density at radius 2 is 1.80 bits per heavy atom. The second-order valence-electron chi connectivity index (χ2n) is 5.52. The fourth-order valence-electron chi connectivity index (χ4n) is 2.56. The minimum atomic E-state index is 0.751. The van der Waals surface area contributed by atoms with Crippen molar-refractivity contribution >= 4 is 0 Å². The highest BCUT2D eigenvalue weighted by atomic mass is 15.2. The molecule has 2 nitrogen and oxygen atoms in total. The molecule has 2 aliphatic rings. The van der Waals surface area contributed by atoms with E-state index in [9.17, 15) is 0 Å². The third-order valence-corrected chi connectivity index (χ3v) is 4.14. The van der Waals surface area contributed by atoms with Crippen molar-refractivity contribution in [1.82, 2.24) is 10.2 Å². The molecule has 0 amide bonds. The van der Waals surface area contributed by atoms with Gasteiger partial charge in [0.15, 0.2) is 0 Å². The molecule has 0 aromatic rings. The Balaban J connectivity index is 1.76. The SMILES string of the molecule is CCNC(CN(C)C(C)C1CC1)C1CC1. The van der Waals surface area contributed by atoms with E-state index in [2.05, 4.69) is 31.1 Å². The second kappa shape index (κ2) is 4.84. The zero-order chi connectivity index (χ0) is 10.8. The molecule has 1 N–H and O–H groups in total. The van der Waals surface area contributed by atoms with E-state index in [0.29, 0.717) is 0 Å². The Morgan fingerprint density at radius 3 is 2.27 bits per heavy atom. The molecule has 2 unspecified atom stereocenters. The molecule has 0 radical (unpaired) electrons. The topological polar surface area (TPSA) is 15.3 Å². The van der Waals surface area contributed by atoms with Crippen molar-refractivity contribution in [2.45, 2.75) is 51.6 Å². The van der Waals surface area contributed by atoms with Crippen LogP contribution in [0.3, 0.4) is 0 Å². The van der Waals surface area contributed by atoms with Gasteiger partial charge in [-0.05, 0) is 58.0 Å². The molecule has 2 rings (SSSR count). The molecule has 2 atom stereocenters. The van der Waals surface area contributed by atoms with Crippen LogP contribution in [0, 0.1) is 11.8 Å². The largest absolute Gasteiger partial charge is 0.313 e. The zero-order valence-electron chi connectivity index (χ0n) is 10.5. The van der Waals surface area contributed by atoms with Crippen LogP contribution in [0.25, 0.3) is 0 Å². The van der Waals surface area contributed by atoms with Gasteiger partial charge in [0.05, 0.1) is 0 Å². The fourth-order valence-corrected chi connectivity index (χ4v) is 2.56. The lowest BCUT2D eigenvalue weighted by Gasteiger charge is -2.29. The molecule has 0 heterocycles. The maximum atomic E-state index is 3.65. The van der Waals surface area contributed by atoms with Crippen LogP contribution in [-0.2, 0) is 0 Å². The van der Waals surface area contributed by atoms with Gasteiger partial charge in [-0.2, -0.15) is 0 Å². The number of rotatable bonds is 7. The summed E-state index contributed by atoms with van der Waals surface area (Å²) in [7, 11) is 2.30. The average molecular weight is 210 g/mol. The molecule has 2 fully saturated rings. The Kier molecular flexibility index (Phi) is 3.68. The Hall–Kier alpha value is -0.0800. The standard InChI is InChI=1S/C13H26N2/c1-4-14-13(12-7-8-12)9-15(3)10(2)11-5-6-11/h10-14H,4-9H2,1-3H3. The number of hydrogen-bond donors (Lipinski definition) is 1. The van der Waals surface area contributed by atoms with Gasteiger partial charge < -0.3 is 10.2 Å². The predicted molar refractivity (Wildman–Crippen MR) is 65.0 cm³/mol. The summed E-state index contributed by atoms with van der Waals surface area (Å²) >= 11 is 0. The van der Waals surface area contributed by atoms with Crippen LogP contribution in [-0.4, -0.2) is 37.1 Å². The van der Waals surface area contributed by atoms with Gasteiger partial charge >= 0.3 is 0 Å². The first-order valence-corrected chi connectivity index (χ1v) is 6.66. The van der Waals surface area contributed by atoms with Gasteiger partial charge in [0, 0.05) is 18.6 Å². The molecule has 0 aromatic heterocycles. The Bertz CT molecular complexity index is 197. The van der Waals surface area contributed by atoms with Crippen molar-refractivity contribution in [3.8, 4) is 0 Å². The zero-order valence-corrected chi connectivity index (χ0v) is 10.5. The van der Waals surface area contributed by atoms with E-state index >= 15 is 0 Å². The van der Waals surface area contributed by atoms with Crippen LogP contribution >= 0.6 is 0 Å². The van der Waals surface area contributed by atoms with Crippen molar-refractivity contribution in [1.29, 1.82) is 0 Å². The van der Waals surface area contributed by atoms with E-state index in [-0.39, 0.29) is 0 Å². The molecule has 88 valence electrons. The molecular weight excluding hydrogens is 184 g/mol. The van der Waals surface area contributed by atoms with E-state index in [0.717, 1.165) is 30.5 Å². The van der Waals surface area contributed by atoms with Gasteiger partial charge in [0.2, 0.25) is 0 Å². The highest BCUT2D eigenvalue weighted by Crippen LogP contribution is 2.36. The van der Waals surface area contributed by atoms with Gasteiger partial charge in [-0.15, -0.1) is 0 Å². The van der Waals surface area contributed by atoms with Crippen LogP contribution < -0.4 is 5.32 Å². The van der Waals surface area contributed by atoms with Crippen molar-refractivity contribution in [2.24, 2.45) is 11.8 Å². The summed E-state index contributed by atoms with van der Waals surface area (Å²) in [4.78, 5) is 2.57. The minimum Gasteiger partial charge on any atom is -0.313 e. The summed E-state index contributed by atoms with van der Waals surface area (Å²) in [6.07, 6.45) is 5.81. The number of nitrogens with one attached hydrogen (secondary N) is 1. The van der Waals surface area contributed by atoms with E-state index in [1.807, 2.05) is 0 Å². The number of nitrogens with zero attached hydrogens (tertiary/aromatic N) is 1. The molecule has 0 saturated heterocycles. The summed E-state index contributed by atoms with van der Waals surface area (Å²) in [6.45, 7) is 6.98. The molecular formula is C13H26N2. The number of hydrogen-bond acceptors (Lipinski definition) is 2. The lowest BCUT2D eigenvalue weighted by atomic mass is 10.1. The summed E-state index contributed by atoms with van der Waals surface area (Å²) < 4.78 is 0. The summed E-state index contributed by atoms with van der Waals surface area (Å²) in [5.41, 5.74) is 0. The van der Waals surface area contributed by atoms with Gasteiger partial charge in [0.25, 0.3) is 0 Å². The van der Waals surface area contributed by atoms with Crippen LogP contribution in [0.4, 0.5) is 0 Å². The van der Waals surface area contributed by atoms with Crippen molar-refractivity contribution in [2.75, 3.05) is 20.1 Å². The van der Waals surface area contributed by atoms with Crippen LogP contribution in [0.2, 0.25) is 0 Å². The Morgan fingerprint density at radius 1 is 1.20 bits per heavy atom. The van der Waals surface area contributed by atoms with Gasteiger partial charge in [0.1, 0.15) is 0 Å². The maximum absolute atomic E-state index is 3.65. The van der Waals surface area contributed by atoms with Gasteiger partial charge in [-0.25, -0.2) is 0 Å². The van der Waals surface area contributed by atoms with Crippen LogP contribution in [0.1, 0.15) is 39.5 Å². The van der Waals surface area contributed by atoms with Gasteiger partial charge in [-0.1, -0.05) is 6.92 Å². The van der Waals surface area contributed by atoms with Crippen molar-refractivity contribution < 1.29 is 0 Å². The number of likely N-dealkylation sites (N-methyl/N-ethyl adjacent to an activating group) is 2. The summed E-state index contributed by atoms with van der Waals surface area (Å²) in [6, 6.07) is 1.55. The molecule has 0 aliphatic heterocycles.